The Kier molecular flexibility index (Phi) is 6.06. The molecule has 1 fully saturated rings. The largest absolute Gasteiger partial charge is 0.497 e. The molecule has 32 heavy (non-hydrogen) atoms. The zero-order valence-electron chi connectivity index (χ0n) is 18.4. The van der Waals surface area contributed by atoms with Gasteiger partial charge in [0.05, 0.1) is 14.2 Å². The number of benzene rings is 3. The molecule has 1 amide bonds. The number of rotatable bonds is 7. The predicted molar refractivity (Wildman–Crippen MR) is 121 cm³/mol. The van der Waals surface area contributed by atoms with Gasteiger partial charge in [0, 0.05) is 12.1 Å². The summed E-state index contributed by atoms with van der Waals surface area (Å²) in [7, 11) is 3.17. The maximum absolute atomic E-state index is 13.0. The topological polar surface area (TPSA) is 68.2 Å². The van der Waals surface area contributed by atoms with Crippen LogP contribution in [0.5, 0.6) is 11.5 Å². The van der Waals surface area contributed by atoms with Gasteiger partial charge in [-0.2, -0.15) is 0 Å². The number of hydrogen-bond acceptors (Lipinski definition) is 5. The van der Waals surface area contributed by atoms with E-state index < -0.39 is 17.9 Å². The van der Waals surface area contributed by atoms with Crippen molar-refractivity contribution in [1.29, 1.82) is 0 Å². The number of aliphatic hydroxyl groups is 1. The summed E-state index contributed by atoms with van der Waals surface area (Å²) < 4.78 is 16.2. The average Bonchev–Trinajstić information content (AvgIpc) is 3.09. The standard InChI is InChI=1S/C26H27NO5/c1-18-4-6-19(7-5-18)16-17-27-25(28)32-24(20-8-12-22(30-2)13-9-20)26(27,29)21-10-14-23(31-3)15-11-21/h4-15,24,29H,16-17H2,1-3H3/t24-,26-/m1/s1. The van der Waals surface area contributed by atoms with Crippen LogP contribution >= 0.6 is 0 Å². The highest BCUT2D eigenvalue weighted by molar-refractivity contribution is 5.72. The fourth-order valence-electron chi connectivity index (χ4n) is 4.01. The van der Waals surface area contributed by atoms with E-state index >= 15 is 0 Å². The van der Waals surface area contributed by atoms with Crippen molar-refractivity contribution in [2.75, 3.05) is 20.8 Å². The van der Waals surface area contributed by atoms with Crippen molar-refractivity contribution in [3.63, 3.8) is 0 Å². The molecule has 2 atom stereocenters. The molecule has 3 aromatic rings. The third kappa shape index (κ3) is 4.01. The molecule has 0 aliphatic carbocycles. The first kappa shape index (κ1) is 21.7. The number of carbonyl (C=O) groups is 1. The number of methoxy groups -OCH3 is 2. The molecular weight excluding hydrogens is 406 g/mol. The molecule has 6 nitrogen and oxygen atoms in total. The van der Waals surface area contributed by atoms with Crippen molar-refractivity contribution in [3.05, 3.63) is 95.1 Å². The third-order valence-electron chi connectivity index (χ3n) is 5.89. The second-order valence-corrected chi connectivity index (χ2v) is 7.88. The fraction of sp³-hybridized carbons (Fsp3) is 0.269. The lowest BCUT2D eigenvalue weighted by Gasteiger charge is -2.35. The summed E-state index contributed by atoms with van der Waals surface area (Å²) >= 11 is 0. The molecule has 0 spiro atoms. The van der Waals surface area contributed by atoms with Crippen LogP contribution in [0.3, 0.4) is 0 Å². The minimum atomic E-state index is -1.68. The number of carbonyl (C=O) groups excluding carboxylic acids is 1. The average molecular weight is 434 g/mol. The van der Waals surface area contributed by atoms with Gasteiger partial charge in [0.25, 0.3) is 0 Å². The lowest BCUT2D eigenvalue weighted by Crippen LogP contribution is -2.46. The molecule has 0 saturated carbocycles. The Hall–Kier alpha value is -3.51. The van der Waals surface area contributed by atoms with Crippen LogP contribution in [0.1, 0.15) is 28.4 Å². The van der Waals surface area contributed by atoms with Gasteiger partial charge in [-0.25, -0.2) is 4.79 Å². The van der Waals surface area contributed by atoms with E-state index in [-0.39, 0.29) is 0 Å². The Labute approximate surface area is 188 Å². The highest BCUT2D eigenvalue weighted by Gasteiger charge is 2.55. The van der Waals surface area contributed by atoms with Crippen molar-refractivity contribution in [2.45, 2.75) is 25.2 Å². The van der Waals surface area contributed by atoms with Crippen LogP contribution in [0, 0.1) is 6.92 Å². The Morgan fingerprint density at radius 1 is 0.906 bits per heavy atom. The highest BCUT2D eigenvalue weighted by Crippen LogP contribution is 2.47. The number of ether oxygens (including phenoxy) is 3. The summed E-state index contributed by atoms with van der Waals surface area (Å²) in [5.41, 5.74) is 1.80. The van der Waals surface area contributed by atoms with Crippen molar-refractivity contribution in [1.82, 2.24) is 4.90 Å². The first-order chi connectivity index (χ1) is 15.5. The van der Waals surface area contributed by atoms with Gasteiger partial charge in [0.1, 0.15) is 11.5 Å². The minimum Gasteiger partial charge on any atom is -0.497 e. The number of nitrogens with zero attached hydrogens (tertiary/aromatic N) is 1. The zero-order valence-corrected chi connectivity index (χ0v) is 18.4. The molecule has 0 aromatic heterocycles. The maximum atomic E-state index is 13.0. The highest BCUT2D eigenvalue weighted by atomic mass is 16.6. The van der Waals surface area contributed by atoms with Crippen LogP contribution in [0.2, 0.25) is 0 Å². The van der Waals surface area contributed by atoms with Gasteiger partial charge in [-0.05, 0) is 48.7 Å². The predicted octanol–water partition coefficient (Wildman–Crippen LogP) is 4.59. The maximum Gasteiger partial charge on any atom is 0.413 e. The summed E-state index contributed by atoms with van der Waals surface area (Å²) in [5, 5.41) is 12.0. The Morgan fingerprint density at radius 2 is 1.47 bits per heavy atom. The van der Waals surface area contributed by atoms with Crippen molar-refractivity contribution in [3.8, 4) is 11.5 Å². The van der Waals surface area contributed by atoms with Gasteiger partial charge < -0.3 is 19.3 Å². The third-order valence-corrected chi connectivity index (χ3v) is 5.89. The van der Waals surface area contributed by atoms with Crippen LogP contribution in [0.25, 0.3) is 0 Å². The number of aryl methyl sites for hydroxylation is 1. The molecule has 1 heterocycles. The Morgan fingerprint density at radius 3 is 2.03 bits per heavy atom. The SMILES string of the molecule is COc1ccc([C@H]2OC(=O)N(CCc3ccc(C)cc3)[C@@]2(O)c2ccc(OC)cc2)cc1. The molecule has 3 aromatic carbocycles. The molecular formula is C26H27NO5. The van der Waals surface area contributed by atoms with Gasteiger partial charge in [-0.1, -0.05) is 54.1 Å². The lowest BCUT2D eigenvalue weighted by molar-refractivity contribution is -0.109. The van der Waals surface area contributed by atoms with Gasteiger partial charge in [-0.15, -0.1) is 0 Å². The number of amides is 1. The van der Waals surface area contributed by atoms with Gasteiger partial charge in [0.15, 0.2) is 6.10 Å². The van der Waals surface area contributed by atoms with E-state index in [0.29, 0.717) is 35.6 Å². The number of cyclic esters (lactones) is 1. The molecule has 166 valence electrons. The zero-order chi connectivity index (χ0) is 22.7. The molecule has 0 radical (unpaired) electrons. The minimum absolute atomic E-state index is 0.303. The van der Waals surface area contributed by atoms with E-state index in [1.165, 1.54) is 10.5 Å². The number of hydrogen-bond donors (Lipinski definition) is 1. The Bertz CT molecular complexity index is 1060. The normalized spacial score (nSPS) is 20.2. The van der Waals surface area contributed by atoms with Crippen LogP contribution in [-0.4, -0.2) is 36.9 Å². The summed E-state index contributed by atoms with van der Waals surface area (Å²) in [6.45, 7) is 2.33. The van der Waals surface area contributed by atoms with Gasteiger partial charge in [0.2, 0.25) is 5.72 Å². The van der Waals surface area contributed by atoms with Crippen molar-refractivity contribution >= 4 is 6.09 Å². The first-order valence-corrected chi connectivity index (χ1v) is 10.5. The lowest BCUT2D eigenvalue weighted by atomic mass is 9.91. The van der Waals surface area contributed by atoms with Crippen LogP contribution in [-0.2, 0) is 16.9 Å². The van der Waals surface area contributed by atoms with Crippen LogP contribution in [0.15, 0.2) is 72.8 Å². The van der Waals surface area contributed by atoms with E-state index in [9.17, 15) is 9.90 Å². The fourth-order valence-corrected chi connectivity index (χ4v) is 4.01. The van der Waals surface area contributed by atoms with Gasteiger partial charge >= 0.3 is 6.09 Å². The molecule has 1 aliphatic heterocycles. The molecule has 0 unspecified atom stereocenters. The Balaban J connectivity index is 1.70. The first-order valence-electron chi connectivity index (χ1n) is 10.5. The molecule has 0 bridgehead atoms. The molecule has 1 saturated heterocycles. The van der Waals surface area contributed by atoms with Crippen LogP contribution in [0.4, 0.5) is 4.79 Å². The van der Waals surface area contributed by atoms with E-state index in [1.54, 1.807) is 62.8 Å². The molecule has 1 aliphatic rings. The second-order valence-electron chi connectivity index (χ2n) is 7.88. The quantitative estimate of drug-likeness (QED) is 0.590. The summed E-state index contributed by atoms with van der Waals surface area (Å²) in [5.74, 6) is 1.34. The molecule has 6 heteroatoms. The second kappa shape index (κ2) is 8.93. The van der Waals surface area contributed by atoms with E-state index in [2.05, 4.69) is 0 Å². The van der Waals surface area contributed by atoms with Crippen LogP contribution < -0.4 is 9.47 Å². The molecule has 4 rings (SSSR count). The van der Waals surface area contributed by atoms with Gasteiger partial charge in [-0.3, -0.25) is 4.90 Å². The smallest absolute Gasteiger partial charge is 0.413 e. The van der Waals surface area contributed by atoms with E-state index in [0.717, 1.165) is 5.56 Å². The monoisotopic (exact) mass is 433 g/mol. The summed E-state index contributed by atoms with van der Waals surface area (Å²) in [6, 6.07) is 22.4. The van der Waals surface area contributed by atoms with E-state index in [1.807, 2.05) is 31.2 Å². The summed E-state index contributed by atoms with van der Waals surface area (Å²) in [4.78, 5) is 14.4. The molecule has 1 N–H and O–H groups in total. The van der Waals surface area contributed by atoms with Crippen molar-refractivity contribution in [2.24, 2.45) is 0 Å². The summed E-state index contributed by atoms with van der Waals surface area (Å²) in [6.07, 6.45) is -0.869. The van der Waals surface area contributed by atoms with Crippen molar-refractivity contribution < 1.29 is 24.1 Å². The van der Waals surface area contributed by atoms with E-state index in [4.69, 9.17) is 14.2 Å².